The predicted molar refractivity (Wildman–Crippen MR) is 107 cm³/mol. The second-order valence-corrected chi connectivity index (χ2v) is 7.37. The summed E-state index contributed by atoms with van der Waals surface area (Å²) in [6.07, 6.45) is 1.06. The first-order valence-corrected chi connectivity index (χ1v) is 9.39. The molecule has 0 aliphatic carbocycles. The number of hydrogen-bond acceptors (Lipinski definition) is 4. The molecule has 1 N–H and O–H groups in total. The third-order valence-electron chi connectivity index (χ3n) is 4.91. The van der Waals surface area contributed by atoms with Crippen molar-refractivity contribution >= 4 is 17.8 Å². The lowest BCUT2D eigenvalue weighted by atomic mass is 9.93. The Morgan fingerprint density at radius 2 is 1.93 bits per heavy atom. The molecule has 1 atom stereocenters. The van der Waals surface area contributed by atoms with Gasteiger partial charge in [0.1, 0.15) is 17.8 Å². The Hall–Kier alpha value is -2.83. The van der Waals surface area contributed by atoms with E-state index in [-0.39, 0.29) is 18.4 Å². The summed E-state index contributed by atoms with van der Waals surface area (Å²) in [7, 11) is 1.61. The number of ether oxygens (including phenoxy) is 1. The Morgan fingerprint density at radius 3 is 2.46 bits per heavy atom. The van der Waals surface area contributed by atoms with Gasteiger partial charge in [-0.3, -0.25) is 14.5 Å². The molecule has 1 aromatic rings. The van der Waals surface area contributed by atoms with E-state index in [9.17, 15) is 14.4 Å². The van der Waals surface area contributed by atoms with Crippen LogP contribution in [0.4, 0.5) is 4.79 Å². The van der Waals surface area contributed by atoms with Crippen molar-refractivity contribution < 1.29 is 19.1 Å². The second kappa shape index (κ2) is 8.91. The van der Waals surface area contributed by atoms with Crippen LogP contribution in [-0.4, -0.2) is 59.9 Å². The van der Waals surface area contributed by atoms with E-state index in [1.807, 2.05) is 38.1 Å². The molecule has 1 aliphatic heterocycles. The highest BCUT2D eigenvalue weighted by molar-refractivity contribution is 6.08. The quantitative estimate of drug-likeness (QED) is 0.521. The second-order valence-electron chi connectivity index (χ2n) is 7.37. The molecule has 152 valence electrons. The van der Waals surface area contributed by atoms with Crippen molar-refractivity contribution in [2.45, 2.75) is 39.2 Å². The molecule has 0 unspecified atom stereocenters. The molecular formula is C21H29N3O4. The summed E-state index contributed by atoms with van der Waals surface area (Å²) < 4.78 is 5.14. The third kappa shape index (κ3) is 4.91. The lowest BCUT2D eigenvalue weighted by Crippen LogP contribution is -2.46. The van der Waals surface area contributed by atoms with Gasteiger partial charge >= 0.3 is 6.03 Å². The molecule has 0 spiro atoms. The summed E-state index contributed by atoms with van der Waals surface area (Å²) in [4.78, 5) is 40.3. The number of carbonyl (C=O) groups is 3. The molecular weight excluding hydrogens is 358 g/mol. The van der Waals surface area contributed by atoms with E-state index in [1.54, 1.807) is 18.9 Å². The van der Waals surface area contributed by atoms with Crippen LogP contribution in [0.2, 0.25) is 0 Å². The summed E-state index contributed by atoms with van der Waals surface area (Å²) in [6.45, 7) is 9.84. The van der Waals surface area contributed by atoms with Crippen LogP contribution in [0.25, 0.3) is 0 Å². The van der Waals surface area contributed by atoms with Gasteiger partial charge in [0.05, 0.1) is 7.11 Å². The number of carbonyl (C=O) groups excluding carboxylic acids is 3. The summed E-state index contributed by atoms with van der Waals surface area (Å²) in [5.74, 6) is 0.124. The van der Waals surface area contributed by atoms with Gasteiger partial charge in [-0.05, 0) is 51.3 Å². The molecule has 1 saturated heterocycles. The number of nitrogens with one attached hydrogen (secondary N) is 1. The Morgan fingerprint density at radius 1 is 1.29 bits per heavy atom. The van der Waals surface area contributed by atoms with Crippen molar-refractivity contribution in [3.05, 3.63) is 42.0 Å². The normalized spacial score (nSPS) is 18.8. The number of amides is 4. The van der Waals surface area contributed by atoms with Gasteiger partial charge in [-0.1, -0.05) is 24.3 Å². The molecule has 0 radical (unpaired) electrons. The molecule has 7 heteroatoms. The largest absolute Gasteiger partial charge is 0.497 e. The zero-order valence-electron chi connectivity index (χ0n) is 17.1. The fourth-order valence-corrected chi connectivity index (χ4v) is 3.18. The highest BCUT2D eigenvalue weighted by Crippen LogP contribution is 2.24. The first kappa shape index (κ1) is 21.5. The van der Waals surface area contributed by atoms with Gasteiger partial charge in [0.25, 0.3) is 5.91 Å². The number of likely N-dealkylation sites (N-methyl/N-ethyl adjacent to an activating group) is 1. The van der Waals surface area contributed by atoms with Crippen molar-refractivity contribution in [3.8, 4) is 5.75 Å². The lowest BCUT2D eigenvalue weighted by Gasteiger charge is -2.24. The van der Waals surface area contributed by atoms with Crippen LogP contribution in [0, 0.1) is 0 Å². The number of nitrogens with zero attached hydrogens (tertiary/aromatic N) is 2. The van der Waals surface area contributed by atoms with Crippen LogP contribution in [0.5, 0.6) is 5.75 Å². The van der Waals surface area contributed by atoms with E-state index in [4.69, 9.17) is 4.74 Å². The summed E-state index contributed by atoms with van der Waals surface area (Å²) in [6, 6.07) is 7.06. The minimum absolute atomic E-state index is 0.260. The monoisotopic (exact) mass is 387 g/mol. The Labute approximate surface area is 166 Å². The molecule has 0 bridgehead atoms. The maximum absolute atomic E-state index is 12.9. The number of urea groups is 1. The predicted octanol–water partition coefficient (Wildman–Crippen LogP) is 2.36. The van der Waals surface area contributed by atoms with E-state index in [0.717, 1.165) is 21.8 Å². The van der Waals surface area contributed by atoms with Crippen LogP contribution in [0.3, 0.4) is 0 Å². The molecule has 1 aromatic carbocycles. The van der Waals surface area contributed by atoms with Gasteiger partial charge in [-0.2, -0.15) is 0 Å². The van der Waals surface area contributed by atoms with E-state index >= 15 is 0 Å². The number of rotatable bonds is 9. The SMILES string of the molecule is C=C(C)CN(CC)C(=O)CN1C(=O)N[C@@](C)(CCc2ccc(OC)cc2)C1=O. The summed E-state index contributed by atoms with van der Waals surface area (Å²) >= 11 is 0. The zero-order valence-corrected chi connectivity index (χ0v) is 17.1. The van der Waals surface area contributed by atoms with E-state index in [2.05, 4.69) is 11.9 Å². The van der Waals surface area contributed by atoms with Crippen LogP contribution in [0.1, 0.15) is 32.8 Å². The summed E-state index contributed by atoms with van der Waals surface area (Å²) in [5.41, 5.74) is 0.858. The Bertz CT molecular complexity index is 759. The van der Waals surface area contributed by atoms with Gasteiger partial charge in [0.2, 0.25) is 5.91 Å². The molecule has 1 aliphatic rings. The summed E-state index contributed by atoms with van der Waals surface area (Å²) in [5, 5.41) is 2.75. The fraction of sp³-hybridized carbons (Fsp3) is 0.476. The molecule has 28 heavy (non-hydrogen) atoms. The smallest absolute Gasteiger partial charge is 0.325 e. The van der Waals surface area contributed by atoms with Gasteiger partial charge < -0.3 is 15.0 Å². The third-order valence-corrected chi connectivity index (χ3v) is 4.91. The maximum Gasteiger partial charge on any atom is 0.325 e. The number of imide groups is 1. The van der Waals surface area contributed by atoms with Crippen LogP contribution in [0.15, 0.2) is 36.4 Å². The van der Waals surface area contributed by atoms with Gasteiger partial charge in [-0.25, -0.2) is 4.79 Å². The Kier molecular flexibility index (Phi) is 6.83. The molecule has 7 nitrogen and oxygen atoms in total. The van der Waals surface area contributed by atoms with Crippen molar-refractivity contribution in [1.29, 1.82) is 0 Å². The average molecular weight is 387 g/mol. The topological polar surface area (TPSA) is 79.0 Å². The van der Waals surface area contributed by atoms with Crippen molar-refractivity contribution in [1.82, 2.24) is 15.1 Å². The fourth-order valence-electron chi connectivity index (χ4n) is 3.18. The molecule has 0 aromatic heterocycles. The first-order valence-electron chi connectivity index (χ1n) is 9.39. The van der Waals surface area contributed by atoms with Crippen molar-refractivity contribution in [2.75, 3.05) is 26.7 Å². The molecule has 1 fully saturated rings. The minimum Gasteiger partial charge on any atom is -0.497 e. The highest BCUT2D eigenvalue weighted by atomic mass is 16.5. The average Bonchev–Trinajstić information content (AvgIpc) is 2.88. The van der Waals surface area contributed by atoms with Crippen LogP contribution >= 0.6 is 0 Å². The van der Waals surface area contributed by atoms with Gasteiger partial charge in [-0.15, -0.1) is 0 Å². The Balaban J connectivity index is 2.02. The number of methoxy groups -OCH3 is 1. The molecule has 4 amide bonds. The number of hydrogen-bond donors (Lipinski definition) is 1. The van der Waals surface area contributed by atoms with E-state index in [1.165, 1.54) is 0 Å². The van der Waals surface area contributed by atoms with Crippen LogP contribution in [-0.2, 0) is 16.0 Å². The van der Waals surface area contributed by atoms with E-state index in [0.29, 0.717) is 25.9 Å². The molecule has 2 rings (SSSR count). The highest BCUT2D eigenvalue weighted by Gasteiger charge is 2.48. The maximum atomic E-state index is 12.9. The van der Waals surface area contributed by atoms with Gasteiger partial charge in [0, 0.05) is 13.1 Å². The minimum atomic E-state index is -1.03. The molecule has 1 heterocycles. The lowest BCUT2D eigenvalue weighted by molar-refractivity contribution is -0.138. The number of aryl methyl sites for hydroxylation is 1. The molecule has 0 saturated carbocycles. The number of benzene rings is 1. The van der Waals surface area contributed by atoms with Crippen molar-refractivity contribution in [3.63, 3.8) is 0 Å². The standard InChI is InChI=1S/C21H29N3O4/c1-6-23(13-15(2)3)18(25)14-24-19(26)21(4,22-20(24)27)12-11-16-7-9-17(28-5)10-8-16/h7-10H,2,6,11-14H2,1,3-5H3,(H,22,27)/t21-/m0/s1. The van der Waals surface area contributed by atoms with Crippen molar-refractivity contribution in [2.24, 2.45) is 0 Å². The zero-order chi connectivity index (χ0) is 20.9. The van der Waals surface area contributed by atoms with Gasteiger partial charge in [0.15, 0.2) is 0 Å². The van der Waals surface area contributed by atoms with Crippen LogP contribution < -0.4 is 10.1 Å². The van der Waals surface area contributed by atoms with E-state index < -0.39 is 11.6 Å². The first-order chi connectivity index (χ1) is 13.2.